The average Bonchev–Trinajstić information content (AvgIpc) is 2.99. The Hall–Kier alpha value is -3.41. The molecule has 0 aliphatic carbocycles. The standard InChI is InChI=1S/C22H22N4O2/c1-14-7-9-17(10-8-14)13-28-19-6-5-11-26-21(19)23-16(3)20(22(26)27)18-12-15(2)25(4)24-18/h5-12H,13H2,1-4H3. The number of pyridine rings is 1. The van der Waals surface area contributed by atoms with Gasteiger partial charge in [-0.15, -0.1) is 0 Å². The van der Waals surface area contributed by atoms with E-state index in [1.807, 2.05) is 45.2 Å². The summed E-state index contributed by atoms with van der Waals surface area (Å²) in [5.41, 5.74) is 5.38. The van der Waals surface area contributed by atoms with Crippen LogP contribution in [0.2, 0.25) is 0 Å². The van der Waals surface area contributed by atoms with E-state index in [-0.39, 0.29) is 5.56 Å². The molecular weight excluding hydrogens is 352 g/mol. The van der Waals surface area contributed by atoms with E-state index in [9.17, 15) is 4.79 Å². The molecule has 0 atom stereocenters. The van der Waals surface area contributed by atoms with Crippen molar-refractivity contribution >= 4 is 5.65 Å². The Bertz CT molecular complexity index is 1200. The molecule has 0 unspecified atom stereocenters. The summed E-state index contributed by atoms with van der Waals surface area (Å²) in [5, 5.41) is 4.45. The van der Waals surface area contributed by atoms with E-state index in [0.29, 0.717) is 35.0 Å². The highest BCUT2D eigenvalue weighted by atomic mass is 16.5. The Morgan fingerprint density at radius 2 is 1.82 bits per heavy atom. The molecule has 142 valence electrons. The molecule has 3 aromatic heterocycles. The summed E-state index contributed by atoms with van der Waals surface area (Å²) in [6.07, 6.45) is 1.71. The lowest BCUT2D eigenvalue weighted by Crippen LogP contribution is -2.19. The second-order valence-corrected chi connectivity index (χ2v) is 7.01. The maximum Gasteiger partial charge on any atom is 0.267 e. The molecule has 4 rings (SSSR count). The summed E-state index contributed by atoms with van der Waals surface area (Å²) in [6, 6.07) is 13.7. The van der Waals surface area contributed by atoms with Crippen LogP contribution in [0.15, 0.2) is 53.5 Å². The first-order valence-electron chi connectivity index (χ1n) is 9.15. The second-order valence-electron chi connectivity index (χ2n) is 7.01. The predicted molar refractivity (Wildman–Crippen MR) is 109 cm³/mol. The zero-order chi connectivity index (χ0) is 19.8. The third kappa shape index (κ3) is 3.17. The number of benzene rings is 1. The van der Waals surface area contributed by atoms with Crippen LogP contribution < -0.4 is 10.3 Å². The molecule has 6 nitrogen and oxygen atoms in total. The van der Waals surface area contributed by atoms with Gasteiger partial charge in [-0.25, -0.2) is 4.98 Å². The summed E-state index contributed by atoms with van der Waals surface area (Å²) in [7, 11) is 1.86. The smallest absolute Gasteiger partial charge is 0.267 e. The zero-order valence-electron chi connectivity index (χ0n) is 16.4. The van der Waals surface area contributed by atoms with Gasteiger partial charge in [-0.05, 0) is 44.5 Å². The lowest BCUT2D eigenvalue weighted by Gasteiger charge is -2.11. The van der Waals surface area contributed by atoms with Crippen molar-refractivity contribution in [2.45, 2.75) is 27.4 Å². The van der Waals surface area contributed by atoms with Gasteiger partial charge in [-0.1, -0.05) is 29.8 Å². The van der Waals surface area contributed by atoms with Gasteiger partial charge in [0.05, 0.1) is 17.0 Å². The zero-order valence-corrected chi connectivity index (χ0v) is 16.4. The minimum atomic E-state index is -0.151. The van der Waals surface area contributed by atoms with Gasteiger partial charge in [0.2, 0.25) is 0 Å². The first-order valence-corrected chi connectivity index (χ1v) is 9.15. The minimum Gasteiger partial charge on any atom is -0.485 e. The Morgan fingerprint density at radius 1 is 1.07 bits per heavy atom. The van der Waals surface area contributed by atoms with E-state index in [1.165, 1.54) is 9.96 Å². The van der Waals surface area contributed by atoms with Gasteiger partial charge in [-0.2, -0.15) is 5.10 Å². The monoisotopic (exact) mass is 374 g/mol. The minimum absolute atomic E-state index is 0.151. The lowest BCUT2D eigenvalue weighted by atomic mass is 10.1. The van der Waals surface area contributed by atoms with Crippen LogP contribution in [0.1, 0.15) is 22.5 Å². The van der Waals surface area contributed by atoms with Crippen molar-refractivity contribution in [3.05, 3.63) is 81.5 Å². The molecular formula is C22H22N4O2. The van der Waals surface area contributed by atoms with E-state index < -0.39 is 0 Å². The van der Waals surface area contributed by atoms with Gasteiger partial charge < -0.3 is 4.74 Å². The maximum absolute atomic E-state index is 13.2. The van der Waals surface area contributed by atoms with Crippen molar-refractivity contribution in [2.24, 2.45) is 7.05 Å². The van der Waals surface area contributed by atoms with E-state index in [4.69, 9.17) is 4.74 Å². The van der Waals surface area contributed by atoms with Crippen LogP contribution in [0.3, 0.4) is 0 Å². The second kappa shape index (κ2) is 6.96. The molecule has 0 spiro atoms. The van der Waals surface area contributed by atoms with E-state index in [2.05, 4.69) is 29.1 Å². The number of ether oxygens (including phenoxy) is 1. The number of rotatable bonds is 4. The fourth-order valence-electron chi connectivity index (χ4n) is 3.18. The SMILES string of the molecule is Cc1ccc(COc2cccn3c(=O)c(-c4cc(C)n(C)n4)c(C)nc23)cc1. The first kappa shape index (κ1) is 18.0. The van der Waals surface area contributed by atoms with Crippen LogP contribution in [-0.4, -0.2) is 19.2 Å². The van der Waals surface area contributed by atoms with Crippen LogP contribution in [0.5, 0.6) is 5.75 Å². The number of nitrogens with zero attached hydrogens (tertiary/aromatic N) is 4. The molecule has 1 aromatic carbocycles. The largest absolute Gasteiger partial charge is 0.485 e. The highest BCUT2D eigenvalue weighted by Crippen LogP contribution is 2.23. The van der Waals surface area contributed by atoms with Crippen molar-refractivity contribution in [3.63, 3.8) is 0 Å². The molecule has 0 saturated heterocycles. The lowest BCUT2D eigenvalue weighted by molar-refractivity contribution is 0.308. The number of aromatic nitrogens is 4. The highest BCUT2D eigenvalue weighted by molar-refractivity contribution is 5.65. The summed E-state index contributed by atoms with van der Waals surface area (Å²) in [4.78, 5) is 17.8. The fraction of sp³-hybridized carbons (Fsp3) is 0.227. The topological polar surface area (TPSA) is 61.4 Å². The quantitative estimate of drug-likeness (QED) is 0.548. The first-order chi connectivity index (χ1) is 13.4. The molecule has 3 heterocycles. The van der Waals surface area contributed by atoms with Gasteiger partial charge in [0.1, 0.15) is 6.61 Å². The molecule has 0 aliphatic rings. The van der Waals surface area contributed by atoms with E-state index >= 15 is 0 Å². The molecule has 0 N–H and O–H groups in total. The molecule has 0 bridgehead atoms. The predicted octanol–water partition coefficient (Wildman–Crippen LogP) is 3.60. The van der Waals surface area contributed by atoms with Crippen molar-refractivity contribution < 1.29 is 4.74 Å². The fourth-order valence-corrected chi connectivity index (χ4v) is 3.18. The molecule has 4 aromatic rings. The summed E-state index contributed by atoms with van der Waals surface area (Å²) in [6.45, 7) is 6.25. The van der Waals surface area contributed by atoms with Crippen LogP contribution in [0.25, 0.3) is 16.9 Å². The average molecular weight is 374 g/mol. The van der Waals surface area contributed by atoms with Crippen molar-refractivity contribution in [1.82, 2.24) is 19.2 Å². The summed E-state index contributed by atoms with van der Waals surface area (Å²) >= 11 is 0. The Balaban J connectivity index is 1.76. The van der Waals surface area contributed by atoms with Crippen molar-refractivity contribution in [1.29, 1.82) is 0 Å². The Morgan fingerprint density at radius 3 is 2.50 bits per heavy atom. The molecule has 6 heteroatoms. The third-order valence-corrected chi connectivity index (χ3v) is 4.88. The Labute approximate surface area is 163 Å². The van der Waals surface area contributed by atoms with E-state index in [1.54, 1.807) is 16.9 Å². The van der Waals surface area contributed by atoms with Gasteiger partial charge in [-0.3, -0.25) is 13.9 Å². The third-order valence-electron chi connectivity index (χ3n) is 4.88. The van der Waals surface area contributed by atoms with Crippen molar-refractivity contribution in [3.8, 4) is 17.0 Å². The van der Waals surface area contributed by atoms with Crippen LogP contribution in [0.4, 0.5) is 0 Å². The molecule has 0 fully saturated rings. The van der Waals surface area contributed by atoms with Gasteiger partial charge >= 0.3 is 0 Å². The molecule has 28 heavy (non-hydrogen) atoms. The van der Waals surface area contributed by atoms with Gasteiger partial charge in [0.25, 0.3) is 5.56 Å². The number of aryl methyl sites for hydroxylation is 4. The van der Waals surface area contributed by atoms with Crippen LogP contribution >= 0.6 is 0 Å². The van der Waals surface area contributed by atoms with E-state index in [0.717, 1.165) is 11.3 Å². The Kier molecular flexibility index (Phi) is 4.47. The molecule has 0 aliphatic heterocycles. The van der Waals surface area contributed by atoms with Crippen LogP contribution in [0, 0.1) is 20.8 Å². The maximum atomic E-state index is 13.2. The number of hydrogen-bond acceptors (Lipinski definition) is 4. The van der Waals surface area contributed by atoms with Gasteiger partial charge in [0.15, 0.2) is 11.4 Å². The van der Waals surface area contributed by atoms with Crippen molar-refractivity contribution in [2.75, 3.05) is 0 Å². The molecule has 0 amide bonds. The molecule has 0 saturated carbocycles. The number of fused-ring (bicyclic) bond motifs is 1. The summed E-state index contributed by atoms with van der Waals surface area (Å²) < 4.78 is 9.26. The number of hydrogen-bond donors (Lipinski definition) is 0. The highest BCUT2D eigenvalue weighted by Gasteiger charge is 2.17. The molecule has 0 radical (unpaired) electrons. The summed E-state index contributed by atoms with van der Waals surface area (Å²) in [5.74, 6) is 0.576. The van der Waals surface area contributed by atoms with Gasteiger partial charge in [0, 0.05) is 18.9 Å². The van der Waals surface area contributed by atoms with Crippen LogP contribution in [-0.2, 0) is 13.7 Å². The normalized spacial score (nSPS) is 11.1.